The zero-order valence-corrected chi connectivity index (χ0v) is 19.4. The van der Waals surface area contributed by atoms with Crippen LogP contribution in [0.15, 0.2) is 10.5 Å². The van der Waals surface area contributed by atoms with Gasteiger partial charge >= 0.3 is 11.8 Å². The summed E-state index contributed by atoms with van der Waals surface area (Å²) in [5.41, 5.74) is -1.59. The van der Waals surface area contributed by atoms with Gasteiger partial charge in [-0.3, -0.25) is 10.1 Å². The van der Waals surface area contributed by atoms with Crippen LogP contribution in [0.5, 0.6) is 0 Å². The number of anilines is 1. The van der Waals surface area contributed by atoms with E-state index in [4.69, 9.17) is 16.3 Å². The highest BCUT2D eigenvalue weighted by atomic mass is 79.9. The predicted octanol–water partition coefficient (Wildman–Crippen LogP) is 4.61. The second-order valence-corrected chi connectivity index (χ2v) is 9.34. The monoisotopic (exact) mass is 518 g/mol. The Labute approximate surface area is 190 Å². The van der Waals surface area contributed by atoms with Crippen LogP contribution in [0.1, 0.15) is 32.9 Å². The zero-order valence-electron chi connectivity index (χ0n) is 17.0. The maximum atomic E-state index is 14.8. The number of pyridine rings is 1. The quantitative estimate of drug-likeness (QED) is 0.344. The second kappa shape index (κ2) is 8.71. The number of nitrogens with zero attached hydrogens (tertiary/aromatic N) is 3. The Bertz CT molecular complexity index is 1060. The fourth-order valence-electron chi connectivity index (χ4n) is 3.37. The van der Waals surface area contributed by atoms with Crippen molar-refractivity contribution >= 4 is 55.9 Å². The van der Waals surface area contributed by atoms with E-state index in [1.807, 2.05) is 0 Å². The Hall–Kier alpha value is -2.24. The highest BCUT2D eigenvalue weighted by molar-refractivity contribution is 9.10. The lowest BCUT2D eigenvalue weighted by molar-refractivity contribution is -0.385. The highest BCUT2D eigenvalue weighted by Crippen LogP contribution is 2.41. The summed E-state index contributed by atoms with van der Waals surface area (Å²) in [4.78, 5) is 28.9. The van der Waals surface area contributed by atoms with Gasteiger partial charge in [-0.25, -0.2) is 14.2 Å². The maximum absolute atomic E-state index is 14.8. The molecule has 1 aliphatic heterocycles. The molecule has 0 aliphatic carbocycles. The molecule has 3 rings (SSSR count). The van der Waals surface area contributed by atoms with E-state index in [-0.39, 0.29) is 44.4 Å². The molecular weight excluding hydrogens is 499 g/mol. The van der Waals surface area contributed by atoms with E-state index in [1.165, 1.54) is 11.0 Å². The van der Waals surface area contributed by atoms with Crippen LogP contribution in [-0.4, -0.2) is 50.7 Å². The smallest absolute Gasteiger partial charge is 0.410 e. The Morgan fingerprint density at radius 1 is 1.55 bits per heavy atom. The normalized spacial score (nSPS) is 16.6. The van der Waals surface area contributed by atoms with Gasteiger partial charge in [-0.1, -0.05) is 11.6 Å². The molecule has 1 aromatic heterocycles. The molecule has 0 radical (unpaired) electrons. The predicted molar refractivity (Wildman–Crippen MR) is 117 cm³/mol. The van der Waals surface area contributed by atoms with Crippen molar-refractivity contribution in [2.75, 3.05) is 18.4 Å². The first-order chi connectivity index (χ1) is 14.4. The lowest BCUT2D eigenvalue weighted by Gasteiger charge is -2.24. The molecule has 1 amide bonds. The minimum atomic E-state index is -0.794. The minimum Gasteiger partial charge on any atom is -0.444 e. The van der Waals surface area contributed by atoms with Crippen LogP contribution in [0.2, 0.25) is 5.02 Å². The molecule has 2 heterocycles. The second-order valence-electron chi connectivity index (χ2n) is 8.14. The number of hydrogen-bond donors (Lipinski definition) is 2. The van der Waals surface area contributed by atoms with Gasteiger partial charge < -0.3 is 20.1 Å². The van der Waals surface area contributed by atoms with Crippen molar-refractivity contribution < 1.29 is 24.0 Å². The van der Waals surface area contributed by atoms with E-state index in [1.54, 1.807) is 20.8 Å². The summed E-state index contributed by atoms with van der Waals surface area (Å²) < 4.78 is 20.1. The van der Waals surface area contributed by atoms with Gasteiger partial charge in [0.05, 0.1) is 21.0 Å². The maximum Gasteiger partial charge on any atom is 0.410 e. The number of carbonyl (C=O) groups excluding carboxylic acids is 1. The Kier molecular flexibility index (Phi) is 6.59. The number of fused-ring (bicyclic) bond motifs is 1. The third-order valence-corrected chi connectivity index (χ3v) is 5.99. The number of aromatic nitrogens is 1. The van der Waals surface area contributed by atoms with Crippen molar-refractivity contribution in [3.05, 3.63) is 37.2 Å². The molecule has 9 nitrogen and oxygen atoms in total. The summed E-state index contributed by atoms with van der Waals surface area (Å²) in [7, 11) is 0. The molecule has 1 atom stereocenters. The Morgan fingerprint density at radius 3 is 2.81 bits per heavy atom. The van der Waals surface area contributed by atoms with Gasteiger partial charge in [0.25, 0.3) is 0 Å². The topological polar surface area (TPSA) is 118 Å². The number of likely N-dealkylation sites (tertiary alicyclic amines) is 1. The van der Waals surface area contributed by atoms with Crippen LogP contribution in [0.4, 0.5) is 20.6 Å². The van der Waals surface area contributed by atoms with E-state index in [0.29, 0.717) is 13.0 Å². The molecular formula is C19H21BrClFN4O5. The molecule has 0 saturated carbocycles. The number of rotatable bonds is 4. The Morgan fingerprint density at radius 2 is 2.23 bits per heavy atom. The van der Waals surface area contributed by atoms with Crippen LogP contribution in [0.3, 0.4) is 0 Å². The van der Waals surface area contributed by atoms with Crippen molar-refractivity contribution in [3.8, 4) is 0 Å². The van der Waals surface area contributed by atoms with Gasteiger partial charge in [-0.2, -0.15) is 0 Å². The number of benzene rings is 1. The molecule has 168 valence electrons. The summed E-state index contributed by atoms with van der Waals surface area (Å²) in [6.07, 6.45) is 0.00136. The van der Waals surface area contributed by atoms with Gasteiger partial charge in [0, 0.05) is 24.5 Å². The molecule has 31 heavy (non-hydrogen) atoms. The van der Waals surface area contributed by atoms with Crippen molar-refractivity contribution in [2.24, 2.45) is 0 Å². The summed E-state index contributed by atoms with van der Waals surface area (Å²) in [6.45, 7) is 5.14. The SMILES string of the molecule is CC(C)(C)OC(=O)N1CCC(Nc2c([N+](=O)[O-])c(CO)nc3c(F)c(Br)c(Cl)cc23)C1. The largest absolute Gasteiger partial charge is 0.444 e. The Balaban J connectivity index is 2.02. The molecule has 0 spiro atoms. The van der Waals surface area contributed by atoms with Crippen molar-refractivity contribution in [2.45, 2.75) is 45.4 Å². The van der Waals surface area contributed by atoms with Crippen LogP contribution in [0, 0.1) is 15.9 Å². The van der Waals surface area contributed by atoms with Crippen LogP contribution >= 0.6 is 27.5 Å². The van der Waals surface area contributed by atoms with Crippen molar-refractivity contribution in [1.82, 2.24) is 9.88 Å². The fourth-order valence-corrected chi connectivity index (χ4v) is 3.87. The highest BCUT2D eigenvalue weighted by Gasteiger charge is 2.33. The fraction of sp³-hybridized carbons (Fsp3) is 0.474. The van der Waals surface area contributed by atoms with Crippen LogP contribution in [0.25, 0.3) is 10.9 Å². The van der Waals surface area contributed by atoms with E-state index in [2.05, 4.69) is 26.2 Å². The summed E-state index contributed by atoms with van der Waals surface area (Å²) in [6, 6.07) is 1.00. The molecule has 1 aromatic carbocycles. The number of aliphatic hydroxyl groups is 1. The van der Waals surface area contributed by atoms with Gasteiger partial charge in [0.15, 0.2) is 5.82 Å². The number of halogens is 3. The molecule has 2 aromatic rings. The average Bonchev–Trinajstić information content (AvgIpc) is 3.13. The summed E-state index contributed by atoms with van der Waals surface area (Å²) >= 11 is 9.12. The van der Waals surface area contributed by atoms with Gasteiger partial charge in [0.2, 0.25) is 0 Å². The van der Waals surface area contributed by atoms with E-state index in [9.17, 15) is 24.4 Å². The number of aliphatic hydroxyl groups excluding tert-OH is 1. The molecule has 12 heteroatoms. The first-order valence-corrected chi connectivity index (χ1v) is 10.6. The van der Waals surface area contributed by atoms with Crippen LogP contribution in [-0.2, 0) is 11.3 Å². The third kappa shape index (κ3) is 4.83. The number of amides is 1. The minimum absolute atomic E-state index is 0.0108. The third-order valence-electron chi connectivity index (χ3n) is 4.68. The molecule has 0 bridgehead atoms. The van der Waals surface area contributed by atoms with E-state index < -0.39 is 34.7 Å². The summed E-state index contributed by atoms with van der Waals surface area (Å²) in [5.74, 6) is -0.794. The van der Waals surface area contributed by atoms with Crippen molar-refractivity contribution in [1.29, 1.82) is 0 Å². The van der Waals surface area contributed by atoms with Crippen molar-refractivity contribution in [3.63, 3.8) is 0 Å². The number of nitrogens with one attached hydrogen (secondary N) is 1. The first kappa shape index (κ1) is 23.4. The zero-order chi connectivity index (χ0) is 23.1. The number of hydrogen-bond acceptors (Lipinski definition) is 7. The average molecular weight is 520 g/mol. The van der Waals surface area contributed by atoms with Crippen LogP contribution < -0.4 is 5.32 Å². The van der Waals surface area contributed by atoms with E-state index >= 15 is 0 Å². The lowest BCUT2D eigenvalue weighted by atomic mass is 10.1. The first-order valence-electron chi connectivity index (χ1n) is 9.42. The molecule has 1 unspecified atom stereocenters. The molecule has 2 N–H and O–H groups in total. The summed E-state index contributed by atoms with van der Waals surface area (Å²) in [5, 5.41) is 24.6. The number of ether oxygens (including phenoxy) is 1. The van der Waals surface area contributed by atoms with Gasteiger partial charge in [0.1, 0.15) is 22.5 Å². The lowest BCUT2D eigenvalue weighted by Crippen LogP contribution is -2.36. The number of nitro groups is 1. The molecule has 1 aliphatic rings. The van der Waals surface area contributed by atoms with Gasteiger partial charge in [-0.15, -0.1) is 0 Å². The van der Waals surface area contributed by atoms with E-state index in [0.717, 1.165) is 0 Å². The van der Waals surface area contributed by atoms with Gasteiger partial charge in [-0.05, 0) is 49.2 Å². The molecule has 1 fully saturated rings. The number of carbonyl (C=O) groups is 1. The molecule has 1 saturated heterocycles. The standard InChI is InChI=1S/C19H21BrClFN4O5/c1-19(2,3)31-18(28)25-5-4-9(7-25)23-16-10-6-11(21)13(20)14(22)15(10)24-12(8-27)17(16)26(29)30/h6,9,27H,4-5,7-8H2,1-3H3,(H,23,24).